The number of halogens is 7. The predicted molar refractivity (Wildman–Crippen MR) is 99.1 cm³/mol. The van der Waals surface area contributed by atoms with Crippen LogP contribution in [0, 0.1) is 0 Å². The molecule has 2 aromatic heterocycles. The highest BCUT2D eigenvalue weighted by Gasteiger charge is 2.37. The normalized spacial score (nSPS) is 16.7. The Bertz CT molecular complexity index is 944. The van der Waals surface area contributed by atoms with Gasteiger partial charge in [0.25, 0.3) is 5.91 Å². The van der Waals surface area contributed by atoms with E-state index in [1.165, 1.54) is 0 Å². The van der Waals surface area contributed by atoms with Gasteiger partial charge in [0, 0.05) is 31.7 Å². The van der Waals surface area contributed by atoms with Crippen molar-refractivity contribution in [3.8, 4) is 0 Å². The molecule has 3 heterocycles. The van der Waals surface area contributed by atoms with Crippen molar-refractivity contribution < 1.29 is 31.1 Å². The van der Waals surface area contributed by atoms with Gasteiger partial charge in [-0.1, -0.05) is 18.0 Å². The molecule has 2 aromatic rings. The molecule has 1 saturated heterocycles. The summed E-state index contributed by atoms with van der Waals surface area (Å²) >= 11 is 6.05. The molecule has 0 radical (unpaired) electrons. The van der Waals surface area contributed by atoms with E-state index in [9.17, 15) is 31.1 Å². The monoisotopic (exact) mass is 466 g/mol. The Morgan fingerprint density at radius 2 is 1.74 bits per heavy atom. The number of alkyl halides is 6. The largest absolute Gasteiger partial charge is 0.417 e. The van der Waals surface area contributed by atoms with Crippen LogP contribution in [-0.4, -0.2) is 33.9 Å². The maximum absolute atomic E-state index is 13.3. The van der Waals surface area contributed by atoms with E-state index in [2.05, 4.69) is 15.3 Å². The first-order valence-corrected chi connectivity index (χ1v) is 9.65. The first-order chi connectivity index (χ1) is 14.5. The summed E-state index contributed by atoms with van der Waals surface area (Å²) in [5, 5.41) is 2.10. The number of hydrogen-bond donors (Lipinski definition) is 1. The molecule has 0 bridgehead atoms. The highest BCUT2D eigenvalue weighted by molar-refractivity contribution is 6.31. The second-order valence-electron chi connectivity index (χ2n) is 6.98. The van der Waals surface area contributed by atoms with Crippen LogP contribution in [0.4, 0.5) is 26.3 Å². The number of pyridine rings is 2. The molecule has 1 amide bonds. The Labute approximate surface area is 178 Å². The van der Waals surface area contributed by atoms with Crippen LogP contribution >= 0.6 is 11.6 Å². The Kier molecular flexibility index (Phi) is 6.75. The Balaban J connectivity index is 1.97. The number of nitrogens with zero attached hydrogens (tertiary/aromatic N) is 3. The molecule has 168 valence electrons. The van der Waals surface area contributed by atoms with Crippen LogP contribution in [0.2, 0.25) is 5.02 Å². The zero-order chi connectivity index (χ0) is 22.8. The van der Waals surface area contributed by atoms with Gasteiger partial charge in [0.1, 0.15) is 6.17 Å². The summed E-state index contributed by atoms with van der Waals surface area (Å²) in [6.45, 7) is 0.923. The third-order valence-corrected chi connectivity index (χ3v) is 5.15. The third-order valence-electron chi connectivity index (χ3n) is 4.85. The lowest BCUT2D eigenvalue weighted by atomic mass is 10.1. The maximum Gasteiger partial charge on any atom is 0.417 e. The second-order valence-corrected chi connectivity index (χ2v) is 7.39. The van der Waals surface area contributed by atoms with Gasteiger partial charge < -0.3 is 5.32 Å². The Morgan fingerprint density at radius 3 is 2.32 bits per heavy atom. The number of amides is 1. The number of aromatic nitrogens is 2. The highest BCUT2D eigenvalue weighted by atomic mass is 35.5. The summed E-state index contributed by atoms with van der Waals surface area (Å²) in [6, 6.07) is 1.35. The molecule has 31 heavy (non-hydrogen) atoms. The van der Waals surface area contributed by atoms with Gasteiger partial charge >= 0.3 is 12.4 Å². The molecule has 5 nitrogen and oxygen atoms in total. The van der Waals surface area contributed by atoms with E-state index in [4.69, 9.17) is 11.6 Å². The van der Waals surface area contributed by atoms with Gasteiger partial charge in [-0.15, -0.1) is 0 Å². The van der Waals surface area contributed by atoms with Crippen molar-refractivity contribution >= 4 is 17.5 Å². The van der Waals surface area contributed by atoms with Crippen LogP contribution in [0.1, 0.15) is 52.6 Å². The molecule has 1 atom stereocenters. The molecule has 1 aliphatic heterocycles. The summed E-state index contributed by atoms with van der Waals surface area (Å²) in [7, 11) is 0. The van der Waals surface area contributed by atoms with Crippen molar-refractivity contribution in [3.63, 3.8) is 0 Å². The number of hydrogen-bond acceptors (Lipinski definition) is 4. The number of rotatable bonds is 4. The summed E-state index contributed by atoms with van der Waals surface area (Å²) in [4.78, 5) is 21.8. The number of piperidine rings is 1. The average molecular weight is 467 g/mol. The molecule has 1 N–H and O–H groups in total. The fourth-order valence-corrected chi connectivity index (χ4v) is 3.61. The standard InChI is InChI=1S/C19H17ClF6N4O/c20-14-8-11(18(21,22)23)9-28-15(14)16(30-6-2-1-3-7-30)29-17(31)12-10-27-5-4-13(12)19(24,25)26/h4-5,8-10,16H,1-3,6-7H2,(H,29,31). The van der Waals surface area contributed by atoms with Gasteiger partial charge in [-0.2, -0.15) is 26.3 Å². The van der Waals surface area contributed by atoms with E-state index in [-0.39, 0.29) is 10.7 Å². The van der Waals surface area contributed by atoms with Crippen molar-refractivity contribution in [2.45, 2.75) is 37.8 Å². The fraction of sp³-hybridized carbons (Fsp3) is 0.421. The van der Waals surface area contributed by atoms with Crippen LogP contribution in [-0.2, 0) is 12.4 Å². The van der Waals surface area contributed by atoms with Gasteiger partial charge in [-0.3, -0.25) is 19.7 Å². The number of likely N-dealkylation sites (tertiary alicyclic amines) is 1. The summed E-state index contributed by atoms with van der Waals surface area (Å²) < 4.78 is 78.7. The number of carbonyl (C=O) groups is 1. The molecule has 1 fully saturated rings. The second kappa shape index (κ2) is 8.99. The van der Waals surface area contributed by atoms with Crippen LogP contribution in [0.15, 0.2) is 30.7 Å². The summed E-state index contributed by atoms with van der Waals surface area (Å²) in [5.41, 5.74) is -3.04. The van der Waals surface area contributed by atoms with Crippen molar-refractivity contribution in [1.82, 2.24) is 20.2 Å². The third kappa shape index (κ3) is 5.45. The van der Waals surface area contributed by atoms with Gasteiger partial charge in [-0.25, -0.2) is 0 Å². The van der Waals surface area contributed by atoms with Crippen molar-refractivity contribution in [2.24, 2.45) is 0 Å². The zero-order valence-corrected chi connectivity index (χ0v) is 16.7. The van der Waals surface area contributed by atoms with Crippen LogP contribution in [0.25, 0.3) is 0 Å². The Morgan fingerprint density at radius 1 is 1.06 bits per heavy atom. The number of carbonyl (C=O) groups excluding carboxylic acids is 1. The molecule has 0 saturated carbocycles. The maximum atomic E-state index is 13.3. The van der Waals surface area contributed by atoms with Gasteiger partial charge in [-0.05, 0) is 25.0 Å². The molecular weight excluding hydrogens is 450 g/mol. The SMILES string of the molecule is O=C(NC(c1ncc(C(F)(F)F)cc1Cl)N1CCCCC1)c1cnccc1C(F)(F)F. The molecule has 12 heteroatoms. The van der Waals surface area contributed by atoms with E-state index >= 15 is 0 Å². The summed E-state index contributed by atoms with van der Waals surface area (Å²) in [5.74, 6) is -1.09. The van der Waals surface area contributed by atoms with Crippen LogP contribution in [0.5, 0.6) is 0 Å². The molecule has 1 unspecified atom stereocenters. The first kappa shape index (κ1) is 23.3. The van der Waals surface area contributed by atoms with E-state index < -0.39 is 41.1 Å². The predicted octanol–water partition coefficient (Wildman–Crippen LogP) is 5.08. The first-order valence-electron chi connectivity index (χ1n) is 9.27. The molecule has 0 spiro atoms. The van der Waals surface area contributed by atoms with Crippen molar-refractivity contribution in [2.75, 3.05) is 13.1 Å². The summed E-state index contributed by atoms with van der Waals surface area (Å²) in [6.07, 6.45) is -5.90. The lowest BCUT2D eigenvalue weighted by Crippen LogP contribution is -2.44. The average Bonchev–Trinajstić information content (AvgIpc) is 2.71. The lowest BCUT2D eigenvalue weighted by Gasteiger charge is -2.35. The molecule has 1 aliphatic rings. The minimum Gasteiger partial charge on any atom is -0.331 e. The molecule has 0 aliphatic carbocycles. The van der Waals surface area contributed by atoms with E-state index in [0.717, 1.165) is 31.7 Å². The van der Waals surface area contributed by atoms with Gasteiger partial charge in [0.05, 0.1) is 27.4 Å². The quantitative estimate of drug-likeness (QED) is 0.638. The minimum atomic E-state index is -4.79. The topological polar surface area (TPSA) is 58.1 Å². The molecule has 3 rings (SSSR count). The highest BCUT2D eigenvalue weighted by Crippen LogP contribution is 2.35. The smallest absolute Gasteiger partial charge is 0.331 e. The molecular formula is C19H17ClF6N4O. The van der Waals surface area contributed by atoms with Crippen molar-refractivity contribution in [1.29, 1.82) is 0 Å². The zero-order valence-electron chi connectivity index (χ0n) is 15.9. The van der Waals surface area contributed by atoms with E-state index in [1.807, 2.05) is 0 Å². The number of nitrogens with one attached hydrogen (secondary N) is 1. The fourth-order valence-electron chi connectivity index (χ4n) is 3.34. The van der Waals surface area contributed by atoms with E-state index in [0.29, 0.717) is 31.4 Å². The molecule has 0 aromatic carbocycles. The van der Waals surface area contributed by atoms with E-state index in [1.54, 1.807) is 4.90 Å². The van der Waals surface area contributed by atoms with Crippen LogP contribution in [0.3, 0.4) is 0 Å². The Hall–Kier alpha value is -2.40. The van der Waals surface area contributed by atoms with Gasteiger partial charge in [0.2, 0.25) is 0 Å². The lowest BCUT2D eigenvalue weighted by molar-refractivity contribution is -0.138. The van der Waals surface area contributed by atoms with Crippen molar-refractivity contribution in [3.05, 3.63) is 58.1 Å². The van der Waals surface area contributed by atoms with Gasteiger partial charge in [0.15, 0.2) is 0 Å². The minimum absolute atomic E-state index is 0.0811. The van der Waals surface area contributed by atoms with Crippen LogP contribution < -0.4 is 5.32 Å².